The molecule has 0 radical (unpaired) electrons. The first-order chi connectivity index (χ1) is 8.18. The molecule has 4 heteroatoms. The van der Waals surface area contributed by atoms with E-state index in [1.807, 2.05) is 13.8 Å². The zero-order valence-electron chi connectivity index (χ0n) is 11.5. The van der Waals surface area contributed by atoms with Crippen LogP contribution in [0.25, 0.3) is 0 Å². The molecule has 0 aromatic carbocycles. The molecule has 0 aliphatic heterocycles. The lowest BCUT2D eigenvalue weighted by Crippen LogP contribution is -2.44. The number of carbonyl (C=O) groups is 2. The fourth-order valence-corrected chi connectivity index (χ4v) is 1.96. The van der Waals surface area contributed by atoms with E-state index in [1.165, 1.54) is 13.8 Å². The Morgan fingerprint density at radius 2 is 1.83 bits per heavy atom. The molecular formula is C14H22O4. The van der Waals surface area contributed by atoms with Crippen LogP contribution in [0.15, 0.2) is 12.2 Å². The predicted octanol–water partition coefficient (Wildman–Crippen LogP) is 2.78. The molecule has 0 heterocycles. The Morgan fingerprint density at radius 3 is 2.28 bits per heavy atom. The summed E-state index contributed by atoms with van der Waals surface area (Å²) in [6, 6.07) is 0. The molecule has 0 spiro atoms. The summed E-state index contributed by atoms with van der Waals surface area (Å²) in [5.41, 5.74) is -2.13. The first-order valence-electron chi connectivity index (χ1n) is 6.30. The normalized spacial score (nSPS) is 20.6. The van der Waals surface area contributed by atoms with Crippen molar-refractivity contribution in [2.45, 2.75) is 52.6 Å². The van der Waals surface area contributed by atoms with Crippen molar-refractivity contribution in [3.05, 3.63) is 12.2 Å². The van der Waals surface area contributed by atoms with Crippen LogP contribution < -0.4 is 0 Å². The van der Waals surface area contributed by atoms with E-state index in [9.17, 15) is 9.59 Å². The summed E-state index contributed by atoms with van der Waals surface area (Å²) in [5.74, 6) is -1.59. The average Bonchev–Trinajstić information content (AvgIpc) is 2.29. The molecule has 102 valence electrons. The Morgan fingerprint density at radius 1 is 1.22 bits per heavy atom. The smallest absolute Gasteiger partial charge is 0.323 e. The third-order valence-electron chi connectivity index (χ3n) is 3.65. The fraction of sp³-hybridized carbons (Fsp3) is 0.714. The van der Waals surface area contributed by atoms with Crippen molar-refractivity contribution in [2.24, 2.45) is 11.3 Å². The maximum atomic E-state index is 11.9. The fourth-order valence-electron chi connectivity index (χ4n) is 1.96. The van der Waals surface area contributed by atoms with E-state index in [2.05, 4.69) is 12.2 Å². The molecule has 0 bridgehead atoms. The first kappa shape index (κ1) is 14.7. The lowest BCUT2D eigenvalue weighted by molar-refractivity contribution is -0.179. The van der Waals surface area contributed by atoms with Gasteiger partial charge in [-0.2, -0.15) is 0 Å². The zero-order valence-corrected chi connectivity index (χ0v) is 11.5. The summed E-state index contributed by atoms with van der Waals surface area (Å²) in [5, 5.41) is 9.01. The number of hydrogen-bond acceptors (Lipinski definition) is 3. The van der Waals surface area contributed by atoms with Crippen molar-refractivity contribution >= 4 is 11.9 Å². The van der Waals surface area contributed by atoms with Crippen molar-refractivity contribution < 1.29 is 19.4 Å². The summed E-state index contributed by atoms with van der Waals surface area (Å²) in [4.78, 5) is 23.0. The number of carboxylic acids is 1. The van der Waals surface area contributed by atoms with Crippen LogP contribution in [0.2, 0.25) is 0 Å². The van der Waals surface area contributed by atoms with E-state index in [-0.39, 0.29) is 5.92 Å². The van der Waals surface area contributed by atoms with Crippen LogP contribution in [0.1, 0.15) is 47.0 Å². The lowest BCUT2D eigenvalue weighted by Gasteiger charge is -2.36. The van der Waals surface area contributed by atoms with Crippen molar-refractivity contribution in [3.8, 4) is 0 Å². The molecule has 1 aliphatic rings. The van der Waals surface area contributed by atoms with Gasteiger partial charge in [-0.25, -0.2) is 0 Å². The molecule has 1 atom stereocenters. The summed E-state index contributed by atoms with van der Waals surface area (Å²) >= 11 is 0. The summed E-state index contributed by atoms with van der Waals surface area (Å²) in [6.45, 7) is 6.45. The van der Waals surface area contributed by atoms with Crippen LogP contribution in [0.3, 0.4) is 0 Å². The highest BCUT2D eigenvalue weighted by Gasteiger charge is 2.42. The van der Waals surface area contributed by atoms with E-state index in [0.29, 0.717) is 0 Å². The maximum absolute atomic E-state index is 11.9. The van der Waals surface area contributed by atoms with Gasteiger partial charge in [-0.15, -0.1) is 0 Å². The van der Waals surface area contributed by atoms with E-state index < -0.39 is 23.0 Å². The zero-order chi connectivity index (χ0) is 14.0. The Kier molecular flexibility index (Phi) is 4.20. The van der Waals surface area contributed by atoms with Crippen LogP contribution in [-0.2, 0) is 14.3 Å². The second-order valence-electron chi connectivity index (χ2n) is 5.90. The minimum absolute atomic E-state index is 0.246. The average molecular weight is 254 g/mol. The van der Waals surface area contributed by atoms with Crippen molar-refractivity contribution in [1.29, 1.82) is 0 Å². The monoisotopic (exact) mass is 254 g/mol. The summed E-state index contributed by atoms with van der Waals surface area (Å²) in [7, 11) is 0. The largest absolute Gasteiger partial charge is 0.480 e. The van der Waals surface area contributed by atoms with Gasteiger partial charge in [0, 0.05) is 5.92 Å². The van der Waals surface area contributed by atoms with Gasteiger partial charge < -0.3 is 9.84 Å². The van der Waals surface area contributed by atoms with Gasteiger partial charge in [-0.1, -0.05) is 12.2 Å². The molecule has 1 rings (SSSR count). The molecular weight excluding hydrogens is 232 g/mol. The molecule has 0 fully saturated rings. The Balaban J connectivity index is 2.73. The number of ether oxygens (including phenoxy) is 1. The minimum Gasteiger partial charge on any atom is -0.480 e. The second kappa shape index (κ2) is 5.12. The van der Waals surface area contributed by atoms with Crippen molar-refractivity contribution in [1.82, 2.24) is 0 Å². The molecule has 0 aromatic heterocycles. The van der Waals surface area contributed by atoms with Gasteiger partial charge in [0.05, 0.1) is 0 Å². The number of carbonyl (C=O) groups excluding carboxylic acids is 1. The molecule has 0 saturated carbocycles. The van der Waals surface area contributed by atoms with Crippen LogP contribution in [0, 0.1) is 11.3 Å². The van der Waals surface area contributed by atoms with Gasteiger partial charge in [-0.3, -0.25) is 9.59 Å². The third-order valence-corrected chi connectivity index (χ3v) is 3.65. The quantitative estimate of drug-likeness (QED) is 0.476. The van der Waals surface area contributed by atoms with Gasteiger partial charge in [0.2, 0.25) is 0 Å². The predicted molar refractivity (Wildman–Crippen MR) is 68.1 cm³/mol. The molecule has 1 aliphatic carbocycles. The number of rotatable bonds is 4. The highest BCUT2D eigenvalue weighted by atomic mass is 16.6. The molecule has 0 aromatic rings. The second-order valence-corrected chi connectivity index (χ2v) is 5.90. The van der Waals surface area contributed by atoms with Crippen molar-refractivity contribution in [2.75, 3.05) is 0 Å². The van der Waals surface area contributed by atoms with E-state index >= 15 is 0 Å². The molecule has 1 unspecified atom stereocenters. The standard InChI is InChI=1S/C14H22O4/c1-13(2,11(15)16)12(17)18-14(3,4)10-8-6-5-7-9-10/h5-6,10H,7-9H2,1-4H3,(H,15,16). The van der Waals surface area contributed by atoms with Gasteiger partial charge >= 0.3 is 11.9 Å². The number of aliphatic carboxylic acids is 1. The van der Waals surface area contributed by atoms with E-state index in [0.717, 1.165) is 19.3 Å². The Bertz CT molecular complexity index is 366. The first-order valence-corrected chi connectivity index (χ1v) is 6.30. The van der Waals surface area contributed by atoms with E-state index in [1.54, 1.807) is 0 Å². The molecule has 4 nitrogen and oxygen atoms in total. The van der Waals surface area contributed by atoms with E-state index in [4.69, 9.17) is 9.84 Å². The third kappa shape index (κ3) is 3.12. The number of esters is 1. The van der Waals surface area contributed by atoms with Crippen LogP contribution >= 0.6 is 0 Å². The number of hydrogen-bond donors (Lipinski definition) is 1. The minimum atomic E-state index is -1.50. The molecule has 0 saturated heterocycles. The number of carboxylic acid groups (broad SMARTS) is 1. The SMILES string of the molecule is CC(C)(C(=O)O)C(=O)OC(C)(C)C1CC=CCC1. The summed E-state index contributed by atoms with van der Waals surface area (Å²) < 4.78 is 5.45. The van der Waals surface area contributed by atoms with Gasteiger partial charge in [0.25, 0.3) is 0 Å². The topological polar surface area (TPSA) is 63.6 Å². The van der Waals surface area contributed by atoms with Crippen molar-refractivity contribution in [3.63, 3.8) is 0 Å². The highest BCUT2D eigenvalue weighted by molar-refractivity contribution is 5.98. The van der Waals surface area contributed by atoms with Gasteiger partial charge in [0.1, 0.15) is 5.60 Å². The van der Waals surface area contributed by atoms with Gasteiger partial charge in [0.15, 0.2) is 5.41 Å². The highest BCUT2D eigenvalue weighted by Crippen LogP contribution is 2.33. The van der Waals surface area contributed by atoms with Gasteiger partial charge in [-0.05, 0) is 47.0 Å². The van der Waals surface area contributed by atoms with Crippen LogP contribution in [0.5, 0.6) is 0 Å². The molecule has 1 N–H and O–H groups in total. The lowest BCUT2D eigenvalue weighted by atomic mass is 9.81. The van der Waals surface area contributed by atoms with Crippen LogP contribution in [-0.4, -0.2) is 22.6 Å². The summed E-state index contributed by atoms with van der Waals surface area (Å²) in [6.07, 6.45) is 7.02. The Labute approximate surface area is 108 Å². The number of allylic oxidation sites excluding steroid dienone is 2. The molecule has 18 heavy (non-hydrogen) atoms. The van der Waals surface area contributed by atoms with Crippen LogP contribution in [0.4, 0.5) is 0 Å². The Hall–Kier alpha value is -1.32. The molecule has 0 amide bonds. The maximum Gasteiger partial charge on any atom is 0.323 e.